The molecule has 0 bridgehead atoms. The van der Waals surface area contributed by atoms with Crippen LogP contribution >= 0.6 is 11.6 Å². The third-order valence-electron chi connectivity index (χ3n) is 4.11. The van der Waals surface area contributed by atoms with Crippen LogP contribution in [0.3, 0.4) is 0 Å². The summed E-state index contributed by atoms with van der Waals surface area (Å²) >= 11 is 5.89. The zero-order valence-corrected chi connectivity index (χ0v) is 15.3. The molecule has 1 amide bonds. The average molecular weight is 366 g/mol. The van der Waals surface area contributed by atoms with Crippen molar-refractivity contribution in [2.24, 2.45) is 0 Å². The lowest BCUT2D eigenvalue weighted by Gasteiger charge is -2.10. The number of benzene rings is 2. The van der Waals surface area contributed by atoms with Gasteiger partial charge in [0, 0.05) is 30.5 Å². The van der Waals surface area contributed by atoms with Gasteiger partial charge in [0.2, 0.25) is 0 Å². The largest absolute Gasteiger partial charge is 0.380 e. The predicted octanol–water partition coefficient (Wildman–Crippen LogP) is 4.59. The number of nitrogens with one attached hydrogen (secondary N) is 2. The number of aromatic nitrogens is 1. The first-order chi connectivity index (χ1) is 12.6. The van der Waals surface area contributed by atoms with E-state index in [1.807, 2.05) is 55.5 Å². The number of anilines is 1. The second kappa shape index (κ2) is 8.50. The van der Waals surface area contributed by atoms with Crippen LogP contribution in [-0.2, 0) is 13.1 Å². The second-order valence-corrected chi connectivity index (χ2v) is 6.49. The molecule has 26 heavy (non-hydrogen) atoms. The third-order valence-corrected chi connectivity index (χ3v) is 4.36. The van der Waals surface area contributed by atoms with Gasteiger partial charge in [-0.15, -0.1) is 0 Å². The molecule has 0 saturated carbocycles. The zero-order valence-electron chi connectivity index (χ0n) is 14.5. The van der Waals surface area contributed by atoms with Crippen molar-refractivity contribution in [3.63, 3.8) is 0 Å². The SMILES string of the molecule is Cc1ccccc1CNC(=O)c1cncc(NCc2ccc(Cl)cc2)c1. The van der Waals surface area contributed by atoms with Gasteiger partial charge in [-0.1, -0.05) is 48.0 Å². The molecule has 0 atom stereocenters. The molecule has 3 rings (SSSR count). The van der Waals surface area contributed by atoms with E-state index in [-0.39, 0.29) is 5.91 Å². The van der Waals surface area contributed by atoms with E-state index >= 15 is 0 Å². The number of halogens is 1. The molecule has 0 aliphatic rings. The standard InChI is InChI=1S/C21H20ClN3O/c1-15-4-2-3-5-17(15)13-25-21(26)18-10-20(14-23-12-18)24-11-16-6-8-19(22)9-7-16/h2-10,12,14,24H,11,13H2,1H3,(H,25,26). The molecular weight excluding hydrogens is 346 g/mol. The predicted molar refractivity (Wildman–Crippen MR) is 105 cm³/mol. The van der Waals surface area contributed by atoms with Gasteiger partial charge >= 0.3 is 0 Å². The Balaban J connectivity index is 1.60. The normalized spacial score (nSPS) is 10.4. The summed E-state index contributed by atoms with van der Waals surface area (Å²) in [4.78, 5) is 16.6. The minimum Gasteiger partial charge on any atom is -0.380 e. The molecule has 0 aliphatic heterocycles. The van der Waals surface area contributed by atoms with Crippen LogP contribution in [0.2, 0.25) is 5.02 Å². The van der Waals surface area contributed by atoms with E-state index in [2.05, 4.69) is 15.6 Å². The van der Waals surface area contributed by atoms with Crippen LogP contribution in [-0.4, -0.2) is 10.9 Å². The summed E-state index contributed by atoms with van der Waals surface area (Å²) in [6.45, 7) is 3.16. The first-order valence-corrected chi connectivity index (χ1v) is 8.76. The highest BCUT2D eigenvalue weighted by Crippen LogP contribution is 2.13. The third kappa shape index (κ3) is 4.83. The highest BCUT2D eigenvalue weighted by molar-refractivity contribution is 6.30. The van der Waals surface area contributed by atoms with Crippen LogP contribution in [0.25, 0.3) is 0 Å². The molecule has 132 valence electrons. The fourth-order valence-corrected chi connectivity index (χ4v) is 2.68. The Kier molecular flexibility index (Phi) is 5.87. The number of aryl methyl sites for hydroxylation is 1. The molecule has 4 nitrogen and oxygen atoms in total. The van der Waals surface area contributed by atoms with E-state index in [1.165, 1.54) is 0 Å². The van der Waals surface area contributed by atoms with E-state index in [1.54, 1.807) is 18.5 Å². The lowest BCUT2D eigenvalue weighted by atomic mass is 10.1. The first kappa shape index (κ1) is 18.0. The van der Waals surface area contributed by atoms with Crippen molar-refractivity contribution in [3.8, 4) is 0 Å². The highest BCUT2D eigenvalue weighted by Gasteiger charge is 2.08. The maximum absolute atomic E-state index is 12.4. The Labute approximate surface area is 158 Å². The van der Waals surface area contributed by atoms with Gasteiger partial charge in [0.15, 0.2) is 0 Å². The minimum absolute atomic E-state index is 0.143. The number of carbonyl (C=O) groups is 1. The summed E-state index contributed by atoms with van der Waals surface area (Å²) in [6, 6.07) is 17.4. The molecule has 0 unspecified atom stereocenters. The molecule has 1 aromatic heterocycles. The van der Waals surface area contributed by atoms with Crippen molar-refractivity contribution >= 4 is 23.2 Å². The van der Waals surface area contributed by atoms with Crippen LogP contribution in [0, 0.1) is 6.92 Å². The van der Waals surface area contributed by atoms with Crippen LogP contribution in [0.15, 0.2) is 67.0 Å². The number of carbonyl (C=O) groups excluding carboxylic acids is 1. The lowest BCUT2D eigenvalue weighted by Crippen LogP contribution is -2.23. The Morgan fingerprint density at radius 1 is 1.04 bits per heavy atom. The van der Waals surface area contributed by atoms with Crippen molar-refractivity contribution in [1.82, 2.24) is 10.3 Å². The summed E-state index contributed by atoms with van der Waals surface area (Å²) in [7, 11) is 0. The van der Waals surface area contributed by atoms with E-state index in [0.717, 1.165) is 22.4 Å². The van der Waals surface area contributed by atoms with Crippen molar-refractivity contribution in [2.75, 3.05) is 5.32 Å². The summed E-state index contributed by atoms with van der Waals surface area (Å²) in [5.74, 6) is -0.143. The zero-order chi connectivity index (χ0) is 18.4. The Bertz CT molecular complexity index is 894. The van der Waals surface area contributed by atoms with Gasteiger partial charge in [-0.3, -0.25) is 9.78 Å². The van der Waals surface area contributed by atoms with Crippen molar-refractivity contribution < 1.29 is 4.79 Å². The first-order valence-electron chi connectivity index (χ1n) is 8.38. The molecule has 0 spiro atoms. The minimum atomic E-state index is -0.143. The molecule has 3 aromatic rings. The number of amides is 1. The van der Waals surface area contributed by atoms with Gasteiger partial charge in [0.05, 0.1) is 11.3 Å². The summed E-state index contributed by atoms with van der Waals surface area (Å²) < 4.78 is 0. The average Bonchev–Trinajstić information content (AvgIpc) is 2.67. The van der Waals surface area contributed by atoms with E-state index in [4.69, 9.17) is 11.6 Å². The van der Waals surface area contributed by atoms with E-state index in [9.17, 15) is 4.79 Å². The monoisotopic (exact) mass is 365 g/mol. The number of rotatable bonds is 6. The summed E-state index contributed by atoms with van der Waals surface area (Å²) in [5.41, 5.74) is 4.68. The number of nitrogens with zero attached hydrogens (tertiary/aromatic N) is 1. The Hall–Kier alpha value is -2.85. The number of hydrogen-bond donors (Lipinski definition) is 2. The fraction of sp³-hybridized carbons (Fsp3) is 0.143. The van der Waals surface area contributed by atoms with Crippen LogP contribution in [0.5, 0.6) is 0 Å². The molecule has 0 aliphatic carbocycles. The maximum atomic E-state index is 12.4. The molecule has 2 N–H and O–H groups in total. The lowest BCUT2D eigenvalue weighted by molar-refractivity contribution is 0.0950. The molecule has 5 heteroatoms. The van der Waals surface area contributed by atoms with Gasteiger partial charge in [-0.25, -0.2) is 0 Å². The Morgan fingerprint density at radius 3 is 2.58 bits per heavy atom. The Morgan fingerprint density at radius 2 is 1.81 bits per heavy atom. The molecular formula is C21H20ClN3O. The fourth-order valence-electron chi connectivity index (χ4n) is 2.55. The smallest absolute Gasteiger partial charge is 0.253 e. The van der Waals surface area contributed by atoms with E-state index in [0.29, 0.717) is 23.7 Å². The highest BCUT2D eigenvalue weighted by atomic mass is 35.5. The number of pyridine rings is 1. The van der Waals surface area contributed by atoms with Gasteiger partial charge in [-0.05, 0) is 41.8 Å². The molecule has 0 radical (unpaired) electrons. The molecule has 1 heterocycles. The van der Waals surface area contributed by atoms with Gasteiger partial charge in [0.25, 0.3) is 5.91 Å². The van der Waals surface area contributed by atoms with Crippen LogP contribution in [0.1, 0.15) is 27.0 Å². The van der Waals surface area contributed by atoms with Gasteiger partial charge < -0.3 is 10.6 Å². The van der Waals surface area contributed by atoms with Crippen LogP contribution in [0.4, 0.5) is 5.69 Å². The van der Waals surface area contributed by atoms with Crippen molar-refractivity contribution in [3.05, 3.63) is 94.3 Å². The van der Waals surface area contributed by atoms with Gasteiger partial charge in [0.1, 0.15) is 0 Å². The van der Waals surface area contributed by atoms with Crippen molar-refractivity contribution in [2.45, 2.75) is 20.0 Å². The van der Waals surface area contributed by atoms with Gasteiger partial charge in [-0.2, -0.15) is 0 Å². The quantitative estimate of drug-likeness (QED) is 0.672. The van der Waals surface area contributed by atoms with Crippen molar-refractivity contribution in [1.29, 1.82) is 0 Å². The topological polar surface area (TPSA) is 54.0 Å². The second-order valence-electron chi connectivity index (χ2n) is 6.05. The van der Waals surface area contributed by atoms with E-state index < -0.39 is 0 Å². The molecule has 2 aromatic carbocycles. The van der Waals surface area contributed by atoms with Crippen LogP contribution < -0.4 is 10.6 Å². The summed E-state index contributed by atoms with van der Waals surface area (Å²) in [6.07, 6.45) is 3.27. The number of hydrogen-bond acceptors (Lipinski definition) is 3. The summed E-state index contributed by atoms with van der Waals surface area (Å²) in [5, 5.41) is 6.93. The molecule has 0 saturated heterocycles. The maximum Gasteiger partial charge on any atom is 0.253 e. The molecule has 0 fully saturated rings.